The summed E-state index contributed by atoms with van der Waals surface area (Å²) in [6, 6.07) is 9.59. The van der Waals surface area contributed by atoms with Crippen LogP contribution in [-0.4, -0.2) is 35.7 Å². The van der Waals surface area contributed by atoms with Crippen LogP contribution in [0.4, 0.5) is 4.79 Å². The van der Waals surface area contributed by atoms with E-state index in [-0.39, 0.29) is 42.4 Å². The zero-order valence-electron chi connectivity index (χ0n) is 21.5. The molecule has 7 heteroatoms. The molecule has 2 fully saturated rings. The molecule has 0 radical (unpaired) electrons. The summed E-state index contributed by atoms with van der Waals surface area (Å²) in [7, 11) is 0. The molecule has 194 valence electrons. The van der Waals surface area contributed by atoms with Crippen molar-refractivity contribution in [1.82, 2.24) is 10.6 Å². The molecule has 2 amide bonds. The second-order valence-corrected chi connectivity index (χ2v) is 11.1. The fourth-order valence-corrected chi connectivity index (χ4v) is 5.26. The first-order valence-corrected chi connectivity index (χ1v) is 13.2. The highest BCUT2D eigenvalue weighted by molar-refractivity contribution is 5.77. The molecule has 4 atom stereocenters. The predicted molar refractivity (Wildman–Crippen MR) is 134 cm³/mol. The molecule has 0 spiro atoms. The highest BCUT2D eigenvalue weighted by Gasteiger charge is 2.33. The van der Waals surface area contributed by atoms with E-state index in [1.807, 2.05) is 51.1 Å². The van der Waals surface area contributed by atoms with Crippen molar-refractivity contribution in [2.45, 2.75) is 109 Å². The number of amides is 2. The molecule has 0 unspecified atom stereocenters. The quantitative estimate of drug-likeness (QED) is 0.488. The van der Waals surface area contributed by atoms with Gasteiger partial charge in [0.2, 0.25) is 5.91 Å². The Morgan fingerprint density at radius 3 is 2.03 bits per heavy atom. The predicted octanol–water partition coefficient (Wildman–Crippen LogP) is 5.27. The highest BCUT2D eigenvalue weighted by atomic mass is 16.6. The van der Waals surface area contributed by atoms with Gasteiger partial charge in [-0.2, -0.15) is 0 Å². The van der Waals surface area contributed by atoms with Gasteiger partial charge in [0, 0.05) is 18.5 Å². The van der Waals surface area contributed by atoms with Gasteiger partial charge in [0.25, 0.3) is 0 Å². The third-order valence-electron chi connectivity index (χ3n) is 6.99. The molecule has 0 aromatic heterocycles. The molecule has 2 N–H and O–H groups in total. The molecule has 2 aliphatic carbocycles. The summed E-state index contributed by atoms with van der Waals surface area (Å²) in [5, 5.41) is 6.21. The summed E-state index contributed by atoms with van der Waals surface area (Å²) in [5.41, 5.74) is 0.417. The van der Waals surface area contributed by atoms with Gasteiger partial charge in [-0.05, 0) is 63.9 Å². The lowest BCUT2D eigenvalue weighted by Crippen LogP contribution is -2.47. The van der Waals surface area contributed by atoms with Crippen LogP contribution in [0.1, 0.15) is 90.5 Å². The second-order valence-electron chi connectivity index (χ2n) is 11.1. The van der Waals surface area contributed by atoms with E-state index in [1.165, 1.54) is 0 Å². The van der Waals surface area contributed by atoms with Gasteiger partial charge in [0.15, 0.2) is 0 Å². The Balaban J connectivity index is 1.48. The summed E-state index contributed by atoms with van der Waals surface area (Å²) < 4.78 is 10.9. The summed E-state index contributed by atoms with van der Waals surface area (Å²) in [6.07, 6.45) is 8.05. The Morgan fingerprint density at radius 2 is 1.40 bits per heavy atom. The molecule has 0 bridgehead atoms. The zero-order chi connectivity index (χ0) is 25.3. The molecule has 0 heterocycles. The van der Waals surface area contributed by atoms with E-state index in [4.69, 9.17) is 9.47 Å². The van der Waals surface area contributed by atoms with Gasteiger partial charge in [0.05, 0.1) is 6.42 Å². The number of ether oxygens (including phenoxy) is 2. The Hall–Kier alpha value is -2.57. The fourth-order valence-electron chi connectivity index (χ4n) is 5.26. The van der Waals surface area contributed by atoms with Crippen molar-refractivity contribution in [3.63, 3.8) is 0 Å². The standard InChI is InChI=1S/C28H42N2O5/c1-28(2,3)35-27(33)30-24-16-10-7-13-21(24)17-25(31)29-23-15-9-8-14-22(23)18-26(32)34-19-20-11-5-4-6-12-20/h4-6,11-12,21-24H,7-10,13-19H2,1-3H3,(H,29,31)(H,30,33)/t21-,22-,23+,24+/m0/s1. The van der Waals surface area contributed by atoms with Crippen LogP contribution in [-0.2, 0) is 25.7 Å². The van der Waals surface area contributed by atoms with E-state index in [0.29, 0.717) is 12.8 Å². The lowest BCUT2D eigenvalue weighted by atomic mass is 9.80. The lowest BCUT2D eigenvalue weighted by Gasteiger charge is -2.34. The average molecular weight is 487 g/mol. The molecule has 1 aromatic carbocycles. The number of alkyl carbamates (subject to hydrolysis) is 1. The van der Waals surface area contributed by atoms with E-state index in [2.05, 4.69) is 10.6 Å². The van der Waals surface area contributed by atoms with Crippen molar-refractivity contribution >= 4 is 18.0 Å². The largest absolute Gasteiger partial charge is 0.461 e. The van der Waals surface area contributed by atoms with Crippen molar-refractivity contribution in [1.29, 1.82) is 0 Å². The number of hydrogen-bond donors (Lipinski definition) is 2. The number of esters is 1. The van der Waals surface area contributed by atoms with Crippen molar-refractivity contribution in [2.75, 3.05) is 0 Å². The van der Waals surface area contributed by atoms with Gasteiger partial charge in [0.1, 0.15) is 12.2 Å². The van der Waals surface area contributed by atoms with Crippen LogP contribution in [0.25, 0.3) is 0 Å². The third-order valence-corrected chi connectivity index (χ3v) is 6.99. The Labute approximate surface area is 209 Å². The van der Waals surface area contributed by atoms with Gasteiger partial charge < -0.3 is 20.1 Å². The first kappa shape index (κ1) is 27.0. The smallest absolute Gasteiger partial charge is 0.407 e. The Morgan fingerprint density at radius 1 is 0.829 bits per heavy atom. The van der Waals surface area contributed by atoms with Crippen LogP contribution in [0, 0.1) is 11.8 Å². The van der Waals surface area contributed by atoms with Gasteiger partial charge in [-0.1, -0.05) is 56.0 Å². The monoisotopic (exact) mass is 486 g/mol. The molecule has 2 saturated carbocycles. The zero-order valence-corrected chi connectivity index (χ0v) is 21.5. The number of carbonyl (C=O) groups is 3. The van der Waals surface area contributed by atoms with Gasteiger partial charge in [-0.15, -0.1) is 0 Å². The minimum atomic E-state index is -0.552. The fraction of sp³-hybridized carbons (Fsp3) is 0.679. The van der Waals surface area contributed by atoms with Gasteiger partial charge in [-0.3, -0.25) is 9.59 Å². The van der Waals surface area contributed by atoms with Gasteiger partial charge >= 0.3 is 12.1 Å². The minimum Gasteiger partial charge on any atom is -0.461 e. The van der Waals surface area contributed by atoms with E-state index in [0.717, 1.165) is 56.9 Å². The van der Waals surface area contributed by atoms with Crippen LogP contribution < -0.4 is 10.6 Å². The third kappa shape index (κ3) is 9.54. The number of nitrogens with one attached hydrogen (secondary N) is 2. The van der Waals surface area contributed by atoms with Crippen LogP contribution in [0.2, 0.25) is 0 Å². The molecule has 1 aromatic rings. The molecular formula is C28H42N2O5. The number of carbonyl (C=O) groups excluding carboxylic acids is 3. The first-order chi connectivity index (χ1) is 16.7. The number of hydrogen-bond acceptors (Lipinski definition) is 5. The molecule has 7 nitrogen and oxygen atoms in total. The molecular weight excluding hydrogens is 444 g/mol. The average Bonchev–Trinajstić information content (AvgIpc) is 2.80. The van der Waals surface area contributed by atoms with Crippen LogP contribution in [0.15, 0.2) is 30.3 Å². The molecule has 2 aliphatic rings. The Bertz CT molecular complexity index is 835. The second kappa shape index (κ2) is 12.9. The van der Waals surface area contributed by atoms with E-state index in [9.17, 15) is 14.4 Å². The summed E-state index contributed by atoms with van der Waals surface area (Å²) in [6.45, 7) is 5.81. The van der Waals surface area contributed by atoms with Crippen LogP contribution in [0.3, 0.4) is 0 Å². The first-order valence-electron chi connectivity index (χ1n) is 13.2. The summed E-state index contributed by atoms with van der Waals surface area (Å²) in [4.78, 5) is 37.8. The minimum absolute atomic E-state index is 0.00226. The maximum absolute atomic E-state index is 13.0. The van der Waals surface area contributed by atoms with Crippen molar-refractivity contribution < 1.29 is 23.9 Å². The number of benzene rings is 1. The van der Waals surface area contributed by atoms with Gasteiger partial charge in [-0.25, -0.2) is 4.79 Å². The highest BCUT2D eigenvalue weighted by Crippen LogP contribution is 2.30. The lowest BCUT2D eigenvalue weighted by molar-refractivity contribution is -0.147. The SMILES string of the molecule is CC(C)(C)OC(=O)N[C@@H]1CCCC[C@H]1CC(=O)N[C@@H]1CCCC[C@H]1CC(=O)OCc1ccccc1. The summed E-state index contributed by atoms with van der Waals surface area (Å²) in [5.74, 6) is -0.0245. The number of rotatable bonds is 8. The maximum atomic E-state index is 13.0. The topological polar surface area (TPSA) is 93.7 Å². The summed E-state index contributed by atoms with van der Waals surface area (Å²) >= 11 is 0. The van der Waals surface area contributed by atoms with Crippen LogP contribution >= 0.6 is 0 Å². The van der Waals surface area contributed by atoms with Crippen molar-refractivity contribution in [3.05, 3.63) is 35.9 Å². The molecule has 0 aliphatic heterocycles. The van der Waals surface area contributed by atoms with Crippen molar-refractivity contribution in [2.24, 2.45) is 11.8 Å². The molecule has 0 saturated heterocycles. The Kier molecular flexibility index (Phi) is 9.99. The molecule has 3 rings (SSSR count). The molecule has 35 heavy (non-hydrogen) atoms. The van der Waals surface area contributed by atoms with E-state index in [1.54, 1.807) is 0 Å². The maximum Gasteiger partial charge on any atom is 0.407 e. The van der Waals surface area contributed by atoms with E-state index < -0.39 is 11.7 Å². The van der Waals surface area contributed by atoms with E-state index >= 15 is 0 Å². The normalized spacial score (nSPS) is 24.8. The van der Waals surface area contributed by atoms with Crippen LogP contribution in [0.5, 0.6) is 0 Å². The van der Waals surface area contributed by atoms with Crippen molar-refractivity contribution in [3.8, 4) is 0 Å².